The highest BCUT2D eigenvalue weighted by molar-refractivity contribution is 9.10. The van der Waals surface area contributed by atoms with E-state index in [0.29, 0.717) is 0 Å². The second-order valence-corrected chi connectivity index (χ2v) is 6.99. The quantitative estimate of drug-likeness (QED) is 0.314. The van der Waals surface area contributed by atoms with Gasteiger partial charge in [-0.05, 0) is 29.8 Å². The van der Waals surface area contributed by atoms with Crippen molar-refractivity contribution in [1.82, 2.24) is 9.97 Å². The summed E-state index contributed by atoms with van der Waals surface area (Å²) < 4.78 is 1.07. The molecular weight excluding hydrogens is 372 g/mol. The predicted octanol–water partition coefficient (Wildman–Crippen LogP) is 6.37. The van der Waals surface area contributed by atoms with Gasteiger partial charge in [-0.25, -0.2) is 0 Å². The molecule has 0 unspecified atom stereocenters. The summed E-state index contributed by atoms with van der Waals surface area (Å²) >= 11 is 3.49. The van der Waals surface area contributed by atoms with Crippen LogP contribution in [-0.2, 0) is 0 Å². The van der Waals surface area contributed by atoms with Gasteiger partial charge in [-0.3, -0.25) is 9.97 Å². The molecule has 2 aromatic heterocycles. The fourth-order valence-corrected chi connectivity index (χ4v) is 3.68. The third-order valence-corrected chi connectivity index (χ3v) is 5.13. The maximum Gasteiger partial charge on any atom is 0.0788 e. The van der Waals surface area contributed by atoms with E-state index in [4.69, 9.17) is 4.98 Å². The molecule has 5 rings (SSSR count). The molecule has 5 aromatic rings. The van der Waals surface area contributed by atoms with E-state index < -0.39 is 0 Å². The van der Waals surface area contributed by atoms with Crippen LogP contribution in [0, 0.1) is 0 Å². The predicted molar refractivity (Wildman–Crippen MR) is 108 cm³/mol. The molecule has 3 heteroatoms. The van der Waals surface area contributed by atoms with Crippen molar-refractivity contribution >= 4 is 48.5 Å². The molecule has 0 aliphatic rings. The average molecular weight is 385 g/mol. The Balaban J connectivity index is 1.91. The van der Waals surface area contributed by atoms with Crippen LogP contribution in [0.3, 0.4) is 0 Å². The maximum atomic E-state index is 4.82. The highest BCUT2D eigenvalue weighted by Crippen LogP contribution is 2.34. The van der Waals surface area contributed by atoms with E-state index in [-0.39, 0.29) is 0 Å². The monoisotopic (exact) mass is 384 g/mol. The third-order valence-electron chi connectivity index (χ3n) is 4.60. The lowest BCUT2D eigenvalue weighted by Crippen LogP contribution is -1.89. The summed E-state index contributed by atoms with van der Waals surface area (Å²) in [7, 11) is 0. The minimum atomic E-state index is 1.02. The van der Waals surface area contributed by atoms with E-state index in [1.54, 1.807) is 0 Å². The van der Waals surface area contributed by atoms with Crippen molar-refractivity contribution in [3.63, 3.8) is 0 Å². The molecule has 0 aliphatic carbocycles. The topological polar surface area (TPSA) is 25.8 Å². The molecule has 118 valence electrons. The van der Waals surface area contributed by atoms with Crippen molar-refractivity contribution in [3.05, 3.63) is 83.6 Å². The molecule has 3 aromatic carbocycles. The number of nitrogens with zero attached hydrogens (tertiary/aromatic N) is 2. The van der Waals surface area contributed by atoms with Gasteiger partial charge in [0, 0.05) is 44.0 Å². The first-order valence-corrected chi connectivity index (χ1v) is 8.92. The lowest BCUT2D eigenvalue weighted by atomic mass is 9.98. The van der Waals surface area contributed by atoms with E-state index in [9.17, 15) is 0 Å². The Hall–Kier alpha value is -2.78. The zero-order chi connectivity index (χ0) is 16.8. The van der Waals surface area contributed by atoms with Gasteiger partial charge in [0.2, 0.25) is 0 Å². The van der Waals surface area contributed by atoms with Gasteiger partial charge in [-0.2, -0.15) is 0 Å². The Kier molecular flexibility index (Phi) is 3.28. The molecule has 2 nitrogen and oxygen atoms in total. The van der Waals surface area contributed by atoms with Gasteiger partial charge in [0.25, 0.3) is 0 Å². The number of rotatable bonds is 1. The van der Waals surface area contributed by atoms with E-state index in [0.717, 1.165) is 48.2 Å². The summed E-state index contributed by atoms with van der Waals surface area (Å²) in [5.74, 6) is 0. The number of hydrogen-bond acceptors (Lipinski definition) is 2. The van der Waals surface area contributed by atoms with Crippen LogP contribution in [0.5, 0.6) is 0 Å². The standard InChI is InChI=1S/C22H13BrN2/c23-16-9-7-14(8-10-16)15-12-20-19-6-3-11-24-21(19)17-4-1-2-5-18(17)22(20)25-13-15/h1-13H. The van der Waals surface area contributed by atoms with E-state index >= 15 is 0 Å². The summed E-state index contributed by atoms with van der Waals surface area (Å²) in [5, 5.41) is 4.57. The molecule has 0 radical (unpaired) electrons. The van der Waals surface area contributed by atoms with E-state index in [1.807, 2.05) is 18.5 Å². The van der Waals surface area contributed by atoms with Crippen molar-refractivity contribution < 1.29 is 0 Å². The van der Waals surface area contributed by atoms with Crippen LogP contribution in [0.4, 0.5) is 0 Å². The molecular formula is C22H13BrN2. The highest BCUT2D eigenvalue weighted by atomic mass is 79.9. The minimum Gasteiger partial charge on any atom is -0.256 e. The van der Waals surface area contributed by atoms with Crippen LogP contribution >= 0.6 is 15.9 Å². The summed E-state index contributed by atoms with van der Waals surface area (Å²) in [5.41, 5.74) is 4.32. The molecule has 0 aliphatic heterocycles. The van der Waals surface area contributed by atoms with Gasteiger partial charge in [-0.1, -0.05) is 58.4 Å². The number of benzene rings is 3. The first kappa shape index (κ1) is 14.6. The van der Waals surface area contributed by atoms with Crippen molar-refractivity contribution in [2.45, 2.75) is 0 Å². The Bertz CT molecular complexity index is 1210. The van der Waals surface area contributed by atoms with Gasteiger partial charge in [0.15, 0.2) is 0 Å². The van der Waals surface area contributed by atoms with Crippen LogP contribution in [0.1, 0.15) is 0 Å². The molecule has 2 heterocycles. The fraction of sp³-hybridized carbons (Fsp3) is 0. The second kappa shape index (κ2) is 5.64. The minimum absolute atomic E-state index is 1.02. The second-order valence-electron chi connectivity index (χ2n) is 6.07. The maximum absolute atomic E-state index is 4.82. The molecule has 0 saturated carbocycles. The Morgan fingerprint density at radius 2 is 1.24 bits per heavy atom. The average Bonchev–Trinajstić information content (AvgIpc) is 2.68. The number of aromatic nitrogens is 2. The lowest BCUT2D eigenvalue weighted by molar-refractivity contribution is 1.41. The smallest absolute Gasteiger partial charge is 0.0788 e. The number of hydrogen-bond donors (Lipinski definition) is 0. The molecule has 0 N–H and O–H groups in total. The van der Waals surface area contributed by atoms with E-state index in [1.165, 1.54) is 0 Å². The van der Waals surface area contributed by atoms with Gasteiger partial charge >= 0.3 is 0 Å². The van der Waals surface area contributed by atoms with Crippen molar-refractivity contribution in [2.24, 2.45) is 0 Å². The normalized spacial score (nSPS) is 11.4. The molecule has 0 atom stereocenters. The number of pyridine rings is 2. The van der Waals surface area contributed by atoms with Crippen molar-refractivity contribution in [1.29, 1.82) is 0 Å². The summed E-state index contributed by atoms with van der Waals surface area (Å²) in [4.78, 5) is 9.46. The Morgan fingerprint density at radius 1 is 0.600 bits per heavy atom. The van der Waals surface area contributed by atoms with Gasteiger partial charge < -0.3 is 0 Å². The van der Waals surface area contributed by atoms with Crippen LogP contribution in [-0.4, -0.2) is 9.97 Å². The first-order valence-electron chi connectivity index (χ1n) is 8.12. The summed E-state index contributed by atoms with van der Waals surface area (Å²) in [6.45, 7) is 0. The SMILES string of the molecule is Brc1ccc(-c2cnc3c4ccccc4c4ncccc4c3c2)cc1. The van der Waals surface area contributed by atoms with Crippen LogP contribution in [0.15, 0.2) is 83.6 Å². The van der Waals surface area contributed by atoms with Crippen LogP contribution < -0.4 is 0 Å². The third kappa shape index (κ3) is 2.31. The molecule has 0 saturated heterocycles. The molecule has 0 spiro atoms. The van der Waals surface area contributed by atoms with Crippen molar-refractivity contribution in [3.8, 4) is 11.1 Å². The molecule has 25 heavy (non-hydrogen) atoms. The summed E-state index contributed by atoms with van der Waals surface area (Å²) in [6, 6.07) is 23.0. The lowest BCUT2D eigenvalue weighted by Gasteiger charge is -2.10. The van der Waals surface area contributed by atoms with Crippen LogP contribution in [0.2, 0.25) is 0 Å². The molecule has 0 fully saturated rings. The molecule has 0 amide bonds. The van der Waals surface area contributed by atoms with Crippen molar-refractivity contribution in [2.75, 3.05) is 0 Å². The van der Waals surface area contributed by atoms with Gasteiger partial charge in [-0.15, -0.1) is 0 Å². The fourth-order valence-electron chi connectivity index (χ4n) is 3.42. The van der Waals surface area contributed by atoms with E-state index in [2.05, 4.69) is 81.6 Å². The summed E-state index contributed by atoms with van der Waals surface area (Å²) in [6.07, 6.45) is 3.81. The zero-order valence-corrected chi connectivity index (χ0v) is 14.9. The zero-order valence-electron chi connectivity index (χ0n) is 13.3. The van der Waals surface area contributed by atoms with Crippen LogP contribution in [0.25, 0.3) is 43.7 Å². The van der Waals surface area contributed by atoms with Gasteiger partial charge in [0.05, 0.1) is 11.0 Å². The highest BCUT2D eigenvalue weighted by Gasteiger charge is 2.11. The first-order chi connectivity index (χ1) is 12.3. The molecule has 0 bridgehead atoms. The van der Waals surface area contributed by atoms with Gasteiger partial charge in [0.1, 0.15) is 0 Å². The Morgan fingerprint density at radius 3 is 2.00 bits per heavy atom. The largest absolute Gasteiger partial charge is 0.256 e. The number of fused-ring (bicyclic) bond motifs is 6. The Labute approximate surface area is 153 Å². The number of halogens is 1.